The highest BCUT2D eigenvalue weighted by atomic mass is 16.5. The van der Waals surface area contributed by atoms with Gasteiger partial charge in [-0.2, -0.15) is 0 Å². The molecule has 1 aliphatic carbocycles. The SMILES string of the molecule is CCCN(CCC)C1Cc2cn(C(=O)OCC)c3ccc(C(=O)O)c(c23)C1. The molecule has 0 aliphatic heterocycles. The fourth-order valence-corrected chi connectivity index (χ4v) is 4.27. The maximum Gasteiger partial charge on any atom is 0.418 e. The van der Waals surface area contributed by atoms with Crippen molar-refractivity contribution in [3.8, 4) is 0 Å². The monoisotopic (exact) mass is 372 g/mol. The van der Waals surface area contributed by atoms with Crippen molar-refractivity contribution in [3.05, 3.63) is 35.0 Å². The van der Waals surface area contributed by atoms with E-state index in [1.807, 2.05) is 6.20 Å². The number of benzene rings is 1. The van der Waals surface area contributed by atoms with Crippen molar-refractivity contribution >= 4 is 23.0 Å². The third-order valence-electron chi connectivity index (χ3n) is 5.28. The van der Waals surface area contributed by atoms with Gasteiger partial charge in [0.1, 0.15) is 0 Å². The van der Waals surface area contributed by atoms with Crippen molar-refractivity contribution in [2.24, 2.45) is 0 Å². The van der Waals surface area contributed by atoms with Crippen molar-refractivity contribution in [1.29, 1.82) is 0 Å². The van der Waals surface area contributed by atoms with Gasteiger partial charge in [-0.3, -0.25) is 9.47 Å². The summed E-state index contributed by atoms with van der Waals surface area (Å²) in [5, 5.41) is 10.6. The summed E-state index contributed by atoms with van der Waals surface area (Å²) < 4.78 is 6.70. The minimum absolute atomic E-state index is 0.249. The first kappa shape index (κ1) is 19.4. The average Bonchev–Trinajstić information content (AvgIpc) is 3.01. The second kappa shape index (κ2) is 8.13. The number of hydrogen-bond acceptors (Lipinski definition) is 4. The zero-order valence-corrected chi connectivity index (χ0v) is 16.3. The van der Waals surface area contributed by atoms with Crippen LogP contribution in [0.15, 0.2) is 18.3 Å². The van der Waals surface area contributed by atoms with Crippen LogP contribution in [0.4, 0.5) is 4.79 Å². The number of carbonyl (C=O) groups excluding carboxylic acids is 1. The molecule has 0 bridgehead atoms. The second-order valence-electron chi connectivity index (χ2n) is 7.11. The van der Waals surface area contributed by atoms with Gasteiger partial charge in [0.2, 0.25) is 0 Å². The average molecular weight is 372 g/mol. The lowest BCUT2D eigenvalue weighted by Gasteiger charge is -2.34. The van der Waals surface area contributed by atoms with Gasteiger partial charge in [-0.1, -0.05) is 13.8 Å². The van der Waals surface area contributed by atoms with Crippen LogP contribution in [-0.4, -0.2) is 52.4 Å². The van der Waals surface area contributed by atoms with Crippen LogP contribution in [0.2, 0.25) is 0 Å². The van der Waals surface area contributed by atoms with E-state index in [1.165, 1.54) is 4.57 Å². The summed E-state index contributed by atoms with van der Waals surface area (Å²) >= 11 is 0. The summed E-state index contributed by atoms with van der Waals surface area (Å²) in [7, 11) is 0. The van der Waals surface area contributed by atoms with Crippen LogP contribution in [-0.2, 0) is 17.6 Å². The molecule has 146 valence electrons. The van der Waals surface area contributed by atoms with Gasteiger partial charge in [-0.25, -0.2) is 9.59 Å². The molecule has 1 N–H and O–H groups in total. The van der Waals surface area contributed by atoms with Gasteiger partial charge in [0, 0.05) is 17.6 Å². The molecule has 27 heavy (non-hydrogen) atoms. The summed E-state index contributed by atoms with van der Waals surface area (Å²) in [6, 6.07) is 3.59. The maximum atomic E-state index is 12.4. The molecule has 1 heterocycles. The van der Waals surface area contributed by atoms with Gasteiger partial charge in [-0.15, -0.1) is 0 Å². The fraction of sp³-hybridized carbons (Fsp3) is 0.524. The Balaban J connectivity index is 2.11. The molecule has 2 aromatic rings. The lowest BCUT2D eigenvalue weighted by atomic mass is 9.85. The quantitative estimate of drug-likeness (QED) is 0.797. The van der Waals surface area contributed by atoms with Gasteiger partial charge >= 0.3 is 12.1 Å². The molecule has 6 heteroatoms. The normalized spacial score (nSPS) is 16.1. The summed E-state index contributed by atoms with van der Waals surface area (Å²) in [5.74, 6) is -0.917. The Morgan fingerprint density at radius 2 is 1.89 bits per heavy atom. The van der Waals surface area contributed by atoms with E-state index < -0.39 is 12.1 Å². The van der Waals surface area contributed by atoms with Crippen molar-refractivity contribution in [2.75, 3.05) is 19.7 Å². The number of aromatic carboxylic acids is 1. The van der Waals surface area contributed by atoms with E-state index in [2.05, 4.69) is 18.7 Å². The Morgan fingerprint density at radius 3 is 2.48 bits per heavy atom. The molecule has 1 atom stereocenters. The molecule has 0 amide bonds. The second-order valence-corrected chi connectivity index (χ2v) is 7.11. The first-order valence-corrected chi connectivity index (χ1v) is 9.82. The lowest BCUT2D eigenvalue weighted by Crippen LogP contribution is -2.41. The number of carboxylic acid groups (broad SMARTS) is 1. The van der Waals surface area contributed by atoms with Crippen molar-refractivity contribution in [3.63, 3.8) is 0 Å². The first-order valence-electron chi connectivity index (χ1n) is 9.82. The van der Waals surface area contributed by atoms with E-state index in [4.69, 9.17) is 4.74 Å². The van der Waals surface area contributed by atoms with Gasteiger partial charge in [0.15, 0.2) is 0 Å². The highest BCUT2D eigenvalue weighted by Crippen LogP contribution is 2.35. The van der Waals surface area contributed by atoms with E-state index in [0.717, 1.165) is 54.4 Å². The minimum Gasteiger partial charge on any atom is -0.478 e. The number of aromatic nitrogens is 1. The molecule has 0 saturated carbocycles. The highest BCUT2D eigenvalue weighted by Gasteiger charge is 2.31. The van der Waals surface area contributed by atoms with Crippen molar-refractivity contribution in [2.45, 2.75) is 52.5 Å². The van der Waals surface area contributed by atoms with Crippen LogP contribution in [0.5, 0.6) is 0 Å². The number of nitrogens with zero attached hydrogens (tertiary/aromatic N) is 2. The van der Waals surface area contributed by atoms with Gasteiger partial charge in [0.25, 0.3) is 0 Å². The Morgan fingerprint density at radius 1 is 1.19 bits per heavy atom. The van der Waals surface area contributed by atoms with Crippen LogP contribution >= 0.6 is 0 Å². The first-order chi connectivity index (χ1) is 13.0. The zero-order valence-electron chi connectivity index (χ0n) is 16.3. The van der Waals surface area contributed by atoms with Crippen LogP contribution in [0.1, 0.15) is 55.1 Å². The maximum absolute atomic E-state index is 12.4. The molecule has 1 aromatic carbocycles. The number of hydrogen-bond donors (Lipinski definition) is 1. The van der Waals surface area contributed by atoms with E-state index in [1.54, 1.807) is 19.1 Å². The summed E-state index contributed by atoms with van der Waals surface area (Å²) in [6.45, 7) is 8.39. The summed E-state index contributed by atoms with van der Waals surface area (Å²) in [5.41, 5.74) is 2.94. The molecule has 1 aromatic heterocycles. The van der Waals surface area contributed by atoms with Crippen LogP contribution in [0, 0.1) is 0 Å². The van der Waals surface area contributed by atoms with Crippen LogP contribution < -0.4 is 0 Å². The molecule has 1 aliphatic rings. The van der Waals surface area contributed by atoms with E-state index in [9.17, 15) is 14.7 Å². The van der Waals surface area contributed by atoms with Crippen molar-refractivity contribution in [1.82, 2.24) is 9.47 Å². The topological polar surface area (TPSA) is 71.8 Å². The largest absolute Gasteiger partial charge is 0.478 e. The lowest BCUT2D eigenvalue weighted by molar-refractivity contribution is 0.0695. The zero-order chi connectivity index (χ0) is 19.6. The summed E-state index contributed by atoms with van der Waals surface area (Å²) in [4.78, 5) is 26.6. The molecular formula is C21H28N2O4. The predicted octanol–water partition coefficient (Wildman–Crippen LogP) is 3.93. The molecule has 6 nitrogen and oxygen atoms in total. The molecule has 0 spiro atoms. The van der Waals surface area contributed by atoms with Gasteiger partial charge in [-0.05, 0) is 69.0 Å². The Bertz CT molecular complexity index is 849. The molecule has 0 saturated heterocycles. The van der Waals surface area contributed by atoms with Gasteiger partial charge < -0.3 is 9.84 Å². The van der Waals surface area contributed by atoms with Crippen LogP contribution in [0.3, 0.4) is 0 Å². The van der Waals surface area contributed by atoms with Crippen molar-refractivity contribution < 1.29 is 19.4 Å². The van der Waals surface area contributed by atoms with Gasteiger partial charge in [0.05, 0.1) is 17.7 Å². The Hall–Kier alpha value is -2.34. The molecule has 1 unspecified atom stereocenters. The highest BCUT2D eigenvalue weighted by molar-refractivity contribution is 6.01. The van der Waals surface area contributed by atoms with Crippen LogP contribution in [0.25, 0.3) is 10.9 Å². The smallest absolute Gasteiger partial charge is 0.418 e. The Kier molecular flexibility index (Phi) is 5.85. The number of carboxylic acids is 1. The Labute approximate surface area is 159 Å². The van der Waals surface area contributed by atoms with E-state index >= 15 is 0 Å². The minimum atomic E-state index is -0.917. The van der Waals surface area contributed by atoms with E-state index in [0.29, 0.717) is 18.6 Å². The molecule has 0 fully saturated rings. The number of ether oxygens (including phenoxy) is 1. The predicted molar refractivity (Wildman–Crippen MR) is 105 cm³/mol. The number of carbonyl (C=O) groups is 2. The third-order valence-corrected chi connectivity index (χ3v) is 5.28. The molecule has 3 rings (SSSR count). The number of rotatable bonds is 7. The molecular weight excluding hydrogens is 344 g/mol. The summed E-state index contributed by atoms with van der Waals surface area (Å²) in [6.07, 6.45) is 5.05. The standard InChI is InChI=1S/C21H28N2O4/c1-4-9-22(10-5-2)15-11-14-13-23(21(26)27-6-3)18-8-7-16(20(24)25)17(12-15)19(14)18/h7-8,13,15H,4-6,9-12H2,1-3H3,(H,24,25). The molecule has 0 radical (unpaired) electrons. The third kappa shape index (κ3) is 3.58. The fourth-order valence-electron chi connectivity index (χ4n) is 4.27. The van der Waals surface area contributed by atoms with E-state index in [-0.39, 0.29) is 6.04 Å².